The van der Waals surface area contributed by atoms with E-state index >= 15 is 0 Å². The van der Waals surface area contributed by atoms with Crippen LogP contribution in [0.25, 0.3) is 0 Å². The Hall–Kier alpha value is -0.790. The monoisotopic (exact) mass is 222 g/mol. The third kappa shape index (κ3) is 3.95. The lowest BCUT2D eigenvalue weighted by molar-refractivity contribution is -0.154. The molecule has 82 valence electrons. The molecule has 0 saturated heterocycles. The van der Waals surface area contributed by atoms with Crippen LogP contribution in [0.5, 0.6) is 0 Å². The summed E-state index contributed by atoms with van der Waals surface area (Å²) < 4.78 is 4.71. The van der Waals surface area contributed by atoms with Gasteiger partial charge in [-0.25, -0.2) is 0 Å². The fourth-order valence-corrected chi connectivity index (χ4v) is 0.768. The van der Waals surface area contributed by atoms with Crippen LogP contribution in [-0.4, -0.2) is 41.0 Å². The van der Waals surface area contributed by atoms with Gasteiger partial charge >= 0.3 is 11.9 Å². The molecular formula is C7H14N2O4S. The van der Waals surface area contributed by atoms with E-state index in [9.17, 15) is 9.59 Å². The summed E-state index contributed by atoms with van der Waals surface area (Å²) in [5.74, 6) is -1.80. The van der Waals surface area contributed by atoms with Crippen molar-refractivity contribution in [3.8, 4) is 0 Å². The van der Waals surface area contributed by atoms with Crippen molar-refractivity contribution >= 4 is 24.6 Å². The fourth-order valence-electron chi connectivity index (χ4n) is 0.619. The van der Waals surface area contributed by atoms with Crippen molar-refractivity contribution in [3.63, 3.8) is 0 Å². The van der Waals surface area contributed by atoms with Gasteiger partial charge in [-0.05, 0) is 6.92 Å². The highest BCUT2D eigenvalue weighted by Gasteiger charge is 2.25. The van der Waals surface area contributed by atoms with Crippen molar-refractivity contribution in [1.29, 1.82) is 0 Å². The topological polar surface area (TPSA) is 116 Å². The first-order valence-electron chi connectivity index (χ1n) is 3.95. The second-order valence-corrected chi connectivity index (χ2v) is 3.16. The van der Waals surface area contributed by atoms with Crippen LogP contribution in [0.2, 0.25) is 0 Å². The Balaban J connectivity index is 4.12. The van der Waals surface area contributed by atoms with Gasteiger partial charge in [-0.1, -0.05) is 0 Å². The Morgan fingerprint density at radius 2 is 2.00 bits per heavy atom. The summed E-state index contributed by atoms with van der Waals surface area (Å²) in [4.78, 5) is 21.5. The van der Waals surface area contributed by atoms with Crippen molar-refractivity contribution in [2.24, 2.45) is 11.5 Å². The molecule has 0 aliphatic heterocycles. The zero-order chi connectivity index (χ0) is 11.3. The van der Waals surface area contributed by atoms with Crippen LogP contribution in [0.1, 0.15) is 6.92 Å². The van der Waals surface area contributed by atoms with E-state index in [0.717, 1.165) is 0 Å². The highest BCUT2D eigenvalue weighted by Crippen LogP contribution is 1.99. The molecule has 0 rings (SSSR count). The number of thiol groups is 1. The fraction of sp³-hybridized carbons (Fsp3) is 0.714. The highest BCUT2D eigenvalue weighted by molar-refractivity contribution is 7.80. The minimum Gasteiger partial charge on any atom is -0.480 e. The zero-order valence-corrected chi connectivity index (χ0v) is 8.61. The molecule has 0 aliphatic carbocycles. The summed E-state index contributed by atoms with van der Waals surface area (Å²) in [6.07, 6.45) is -0.911. The molecule has 0 amide bonds. The lowest BCUT2D eigenvalue weighted by atomic mass is 10.2. The number of esters is 1. The molecule has 0 saturated carbocycles. The number of ether oxygens (including phenoxy) is 1. The number of nitrogens with two attached hydrogens (primary N) is 2. The van der Waals surface area contributed by atoms with Gasteiger partial charge in [0.1, 0.15) is 18.2 Å². The normalized spacial score (nSPS) is 16.9. The molecule has 7 heteroatoms. The van der Waals surface area contributed by atoms with E-state index in [1.807, 2.05) is 0 Å². The Labute approximate surface area is 87.0 Å². The molecule has 5 N–H and O–H groups in total. The average molecular weight is 222 g/mol. The summed E-state index contributed by atoms with van der Waals surface area (Å²) in [6.45, 7) is 1.39. The third-order valence-corrected chi connectivity index (χ3v) is 1.99. The Bertz CT molecular complexity index is 224. The van der Waals surface area contributed by atoms with Gasteiger partial charge in [-0.15, -0.1) is 0 Å². The SMILES string of the molecule is C[C@@H](OC(=O)[C@@H](N)CS)[C@H](N)C(=O)O. The average Bonchev–Trinajstić information content (AvgIpc) is 2.14. The number of carboxylic acid groups (broad SMARTS) is 1. The van der Waals surface area contributed by atoms with E-state index in [1.165, 1.54) is 6.92 Å². The third-order valence-electron chi connectivity index (χ3n) is 1.59. The smallest absolute Gasteiger partial charge is 0.324 e. The summed E-state index contributed by atoms with van der Waals surface area (Å²) in [5, 5.41) is 8.50. The Morgan fingerprint density at radius 1 is 1.50 bits per heavy atom. The van der Waals surface area contributed by atoms with Crippen molar-refractivity contribution in [1.82, 2.24) is 0 Å². The van der Waals surface area contributed by atoms with E-state index in [4.69, 9.17) is 21.3 Å². The minimum atomic E-state index is -1.24. The molecule has 0 radical (unpaired) electrons. The van der Waals surface area contributed by atoms with Crippen molar-refractivity contribution in [2.75, 3.05) is 5.75 Å². The van der Waals surface area contributed by atoms with Crippen LogP contribution >= 0.6 is 12.6 Å². The highest BCUT2D eigenvalue weighted by atomic mass is 32.1. The van der Waals surface area contributed by atoms with E-state index < -0.39 is 30.1 Å². The molecule has 3 atom stereocenters. The maximum absolute atomic E-state index is 11.1. The summed E-state index contributed by atoms with van der Waals surface area (Å²) in [7, 11) is 0. The van der Waals surface area contributed by atoms with Crippen LogP contribution < -0.4 is 11.5 Å². The number of carboxylic acids is 1. The van der Waals surface area contributed by atoms with E-state index in [1.54, 1.807) is 0 Å². The van der Waals surface area contributed by atoms with Gasteiger partial charge in [0.2, 0.25) is 0 Å². The van der Waals surface area contributed by atoms with Crippen molar-refractivity contribution in [3.05, 3.63) is 0 Å². The molecule has 0 aromatic rings. The van der Waals surface area contributed by atoms with Gasteiger partial charge in [0, 0.05) is 5.75 Å². The van der Waals surface area contributed by atoms with E-state index in [2.05, 4.69) is 12.6 Å². The maximum atomic E-state index is 11.1. The molecule has 0 aromatic carbocycles. The van der Waals surface area contributed by atoms with Crippen molar-refractivity contribution < 1.29 is 19.4 Å². The predicted octanol–water partition coefficient (Wildman–Crippen LogP) is -1.41. The predicted molar refractivity (Wildman–Crippen MR) is 53.0 cm³/mol. The lowest BCUT2D eigenvalue weighted by Gasteiger charge is -2.18. The van der Waals surface area contributed by atoms with Crippen LogP contribution in [-0.2, 0) is 14.3 Å². The summed E-state index contributed by atoms with van der Waals surface area (Å²) in [6, 6.07) is -2.10. The number of carbonyl (C=O) groups is 2. The van der Waals surface area contributed by atoms with Gasteiger partial charge < -0.3 is 21.3 Å². The van der Waals surface area contributed by atoms with Crippen molar-refractivity contribution in [2.45, 2.75) is 25.1 Å². The van der Waals surface area contributed by atoms with Gasteiger partial charge in [-0.3, -0.25) is 9.59 Å². The van der Waals surface area contributed by atoms with Crippen LogP contribution in [0.3, 0.4) is 0 Å². The lowest BCUT2D eigenvalue weighted by Crippen LogP contribution is -2.45. The molecule has 0 bridgehead atoms. The molecule has 0 heterocycles. The first-order valence-corrected chi connectivity index (χ1v) is 4.58. The number of hydrogen-bond donors (Lipinski definition) is 4. The maximum Gasteiger partial charge on any atom is 0.324 e. The van der Waals surface area contributed by atoms with Gasteiger partial charge in [0.25, 0.3) is 0 Å². The van der Waals surface area contributed by atoms with Gasteiger partial charge in [0.15, 0.2) is 0 Å². The molecule has 0 fully saturated rings. The molecule has 0 aliphatic rings. The first-order chi connectivity index (χ1) is 6.40. The number of carbonyl (C=O) groups excluding carboxylic acids is 1. The van der Waals surface area contributed by atoms with E-state index in [0.29, 0.717) is 0 Å². The zero-order valence-electron chi connectivity index (χ0n) is 7.71. The first kappa shape index (κ1) is 13.2. The van der Waals surface area contributed by atoms with Crippen LogP contribution in [0.4, 0.5) is 0 Å². The second-order valence-electron chi connectivity index (χ2n) is 2.80. The molecule has 14 heavy (non-hydrogen) atoms. The molecule has 0 unspecified atom stereocenters. The van der Waals surface area contributed by atoms with Gasteiger partial charge in [-0.2, -0.15) is 12.6 Å². The number of rotatable bonds is 5. The Kier molecular flexibility index (Phi) is 5.51. The van der Waals surface area contributed by atoms with Crippen LogP contribution in [0.15, 0.2) is 0 Å². The minimum absolute atomic E-state index is 0.133. The Morgan fingerprint density at radius 3 is 2.36 bits per heavy atom. The standard InChI is InChI=1S/C7H14N2O4S/c1-3(5(9)6(10)11)13-7(12)4(8)2-14/h3-5,14H,2,8-9H2,1H3,(H,10,11)/t3-,4+,5+/m1/s1. The quantitative estimate of drug-likeness (QED) is 0.335. The van der Waals surface area contributed by atoms with E-state index in [-0.39, 0.29) is 5.75 Å². The molecule has 0 aromatic heterocycles. The molecule has 0 spiro atoms. The van der Waals surface area contributed by atoms with Crippen LogP contribution in [0, 0.1) is 0 Å². The molecule has 6 nitrogen and oxygen atoms in total. The summed E-state index contributed by atoms with van der Waals surface area (Å²) in [5.41, 5.74) is 10.5. The largest absolute Gasteiger partial charge is 0.480 e. The summed E-state index contributed by atoms with van der Waals surface area (Å²) >= 11 is 3.80. The second kappa shape index (κ2) is 5.84. The number of hydrogen-bond acceptors (Lipinski definition) is 6. The van der Waals surface area contributed by atoms with Gasteiger partial charge in [0.05, 0.1) is 0 Å². The number of aliphatic carboxylic acids is 1. The molecular weight excluding hydrogens is 208 g/mol.